The number of halogens is 2. The largest absolute Gasteiger partial charge is 0.293 e. The standard InChI is InChI=1S/C17H14Cl2O2/c1-17(2,15(20)11-5-3-7-13(18)9-11)16(21)12-6-4-8-14(19)10-12/h3-10H,1-2H3. The minimum atomic E-state index is -1.19. The van der Waals surface area contributed by atoms with Crippen molar-refractivity contribution in [1.29, 1.82) is 0 Å². The third-order valence-electron chi connectivity index (χ3n) is 3.31. The summed E-state index contributed by atoms with van der Waals surface area (Å²) in [4.78, 5) is 25.2. The summed E-state index contributed by atoms with van der Waals surface area (Å²) < 4.78 is 0. The molecular weight excluding hydrogens is 307 g/mol. The van der Waals surface area contributed by atoms with Gasteiger partial charge in [0.25, 0.3) is 0 Å². The molecule has 0 aliphatic heterocycles. The number of hydrogen-bond donors (Lipinski definition) is 0. The molecule has 0 fully saturated rings. The molecule has 2 nitrogen and oxygen atoms in total. The lowest BCUT2D eigenvalue weighted by atomic mass is 9.78. The zero-order chi connectivity index (χ0) is 15.6. The number of hydrogen-bond acceptors (Lipinski definition) is 2. The summed E-state index contributed by atoms with van der Waals surface area (Å²) in [6, 6.07) is 13.2. The van der Waals surface area contributed by atoms with Crippen LogP contribution in [0.5, 0.6) is 0 Å². The van der Waals surface area contributed by atoms with Gasteiger partial charge < -0.3 is 0 Å². The van der Waals surface area contributed by atoms with Gasteiger partial charge in [-0.1, -0.05) is 47.5 Å². The van der Waals surface area contributed by atoms with E-state index < -0.39 is 5.41 Å². The second-order valence-corrected chi connectivity index (χ2v) is 6.18. The van der Waals surface area contributed by atoms with Gasteiger partial charge >= 0.3 is 0 Å². The number of benzene rings is 2. The molecule has 0 N–H and O–H groups in total. The van der Waals surface area contributed by atoms with Crippen molar-refractivity contribution in [2.24, 2.45) is 5.41 Å². The summed E-state index contributed by atoms with van der Waals surface area (Å²) >= 11 is 11.8. The molecule has 0 unspecified atom stereocenters. The average Bonchev–Trinajstić information content (AvgIpc) is 2.45. The van der Waals surface area contributed by atoms with Crippen molar-refractivity contribution < 1.29 is 9.59 Å². The molecule has 0 spiro atoms. The van der Waals surface area contributed by atoms with Gasteiger partial charge in [0.05, 0.1) is 5.41 Å². The Balaban J connectivity index is 2.37. The number of carbonyl (C=O) groups is 2. The first-order chi connectivity index (χ1) is 9.82. The molecule has 0 aliphatic carbocycles. The van der Waals surface area contributed by atoms with Gasteiger partial charge in [0.1, 0.15) is 0 Å². The summed E-state index contributed by atoms with van der Waals surface area (Å²) in [5.74, 6) is -0.537. The summed E-state index contributed by atoms with van der Waals surface area (Å²) in [5.41, 5.74) is -0.346. The predicted molar refractivity (Wildman–Crippen MR) is 85.3 cm³/mol. The lowest BCUT2D eigenvalue weighted by molar-refractivity contribution is 0.0711. The van der Waals surface area contributed by atoms with Crippen LogP contribution in [-0.4, -0.2) is 11.6 Å². The van der Waals surface area contributed by atoms with Gasteiger partial charge in [-0.15, -0.1) is 0 Å². The van der Waals surface area contributed by atoms with E-state index in [-0.39, 0.29) is 11.6 Å². The van der Waals surface area contributed by atoms with Crippen LogP contribution in [0.15, 0.2) is 48.5 Å². The highest BCUT2D eigenvalue weighted by atomic mass is 35.5. The van der Waals surface area contributed by atoms with Crippen molar-refractivity contribution in [2.45, 2.75) is 13.8 Å². The third kappa shape index (κ3) is 3.34. The fourth-order valence-electron chi connectivity index (χ4n) is 2.08. The van der Waals surface area contributed by atoms with E-state index in [9.17, 15) is 9.59 Å². The van der Waals surface area contributed by atoms with Gasteiger partial charge in [-0.2, -0.15) is 0 Å². The monoisotopic (exact) mass is 320 g/mol. The highest BCUT2D eigenvalue weighted by molar-refractivity contribution is 6.32. The molecular formula is C17H14Cl2O2. The van der Waals surface area contributed by atoms with E-state index in [1.807, 2.05) is 0 Å². The molecule has 0 amide bonds. The van der Waals surface area contributed by atoms with Crippen LogP contribution in [0, 0.1) is 5.41 Å². The quantitative estimate of drug-likeness (QED) is 0.581. The molecule has 0 saturated carbocycles. The summed E-state index contributed by atoms with van der Waals surface area (Å²) in [5, 5.41) is 0.929. The minimum Gasteiger partial charge on any atom is -0.293 e. The highest BCUT2D eigenvalue weighted by Gasteiger charge is 2.37. The van der Waals surface area contributed by atoms with Crippen LogP contribution in [0.4, 0.5) is 0 Å². The van der Waals surface area contributed by atoms with Crippen molar-refractivity contribution in [1.82, 2.24) is 0 Å². The van der Waals surface area contributed by atoms with E-state index >= 15 is 0 Å². The third-order valence-corrected chi connectivity index (χ3v) is 3.78. The first-order valence-electron chi connectivity index (χ1n) is 6.43. The zero-order valence-electron chi connectivity index (χ0n) is 11.7. The Kier molecular flexibility index (Phi) is 4.50. The van der Waals surface area contributed by atoms with E-state index in [4.69, 9.17) is 23.2 Å². The van der Waals surface area contributed by atoms with Crippen molar-refractivity contribution in [3.05, 3.63) is 69.7 Å². The Labute approximate surface area is 133 Å². The van der Waals surface area contributed by atoms with Crippen LogP contribution < -0.4 is 0 Å². The molecule has 0 heterocycles. The van der Waals surface area contributed by atoms with Crippen LogP contribution in [0.1, 0.15) is 34.6 Å². The number of rotatable bonds is 4. The predicted octanol–water partition coefficient (Wildman–Crippen LogP) is 5.09. The second kappa shape index (κ2) is 6.00. The van der Waals surface area contributed by atoms with Gasteiger partial charge in [-0.3, -0.25) is 9.59 Å². The molecule has 0 aliphatic rings. The first kappa shape index (κ1) is 15.7. The van der Waals surface area contributed by atoms with Crippen LogP contribution >= 0.6 is 23.2 Å². The summed E-state index contributed by atoms with van der Waals surface area (Å²) in [7, 11) is 0. The Hall–Kier alpha value is -1.64. The summed E-state index contributed by atoms with van der Waals surface area (Å²) in [6.07, 6.45) is 0. The maximum atomic E-state index is 12.6. The Morgan fingerprint density at radius 1 is 0.810 bits per heavy atom. The molecule has 0 atom stereocenters. The molecule has 2 aromatic rings. The van der Waals surface area contributed by atoms with Crippen molar-refractivity contribution in [2.75, 3.05) is 0 Å². The normalized spacial score (nSPS) is 11.2. The van der Waals surface area contributed by atoms with E-state index in [0.29, 0.717) is 21.2 Å². The molecule has 108 valence electrons. The van der Waals surface area contributed by atoms with Gasteiger partial charge in [-0.25, -0.2) is 0 Å². The molecule has 21 heavy (non-hydrogen) atoms. The number of carbonyl (C=O) groups excluding carboxylic acids is 2. The van der Waals surface area contributed by atoms with Gasteiger partial charge in [0.2, 0.25) is 0 Å². The second-order valence-electron chi connectivity index (χ2n) is 5.30. The van der Waals surface area contributed by atoms with Crippen LogP contribution in [0.25, 0.3) is 0 Å². The molecule has 0 bridgehead atoms. The molecule has 0 radical (unpaired) electrons. The number of ketones is 2. The maximum absolute atomic E-state index is 12.6. The summed E-state index contributed by atoms with van der Waals surface area (Å²) in [6.45, 7) is 3.22. The Morgan fingerprint density at radius 2 is 1.19 bits per heavy atom. The SMILES string of the molecule is CC(C)(C(=O)c1cccc(Cl)c1)C(=O)c1cccc(Cl)c1. The van der Waals surface area contributed by atoms with Crippen LogP contribution in [0.3, 0.4) is 0 Å². The minimum absolute atomic E-state index is 0.269. The van der Waals surface area contributed by atoms with Crippen molar-refractivity contribution >= 4 is 34.8 Å². The van der Waals surface area contributed by atoms with E-state index in [1.165, 1.54) is 0 Å². The van der Waals surface area contributed by atoms with E-state index in [2.05, 4.69) is 0 Å². The Bertz CT molecular complexity index is 646. The van der Waals surface area contributed by atoms with Gasteiger partial charge in [0, 0.05) is 21.2 Å². The molecule has 0 aromatic heterocycles. The lowest BCUT2D eigenvalue weighted by Gasteiger charge is -2.22. The molecule has 0 saturated heterocycles. The number of Topliss-reactive ketones (excluding diaryl/α,β-unsaturated/α-hetero) is 2. The van der Waals surface area contributed by atoms with Crippen molar-refractivity contribution in [3.63, 3.8) is 0 Å². The molecule has 4 heteroatoms. The van der Waals surface area contributed by atoms with E-state index in [0.717, 1.165) is 0 Å². The average molecular weight is 321 g/mol. The topological polar surface area (TPSA) is 34.1 Å². The van der Waals surface area contributed by atoms with Gasteiger partial charge in [0.15, 0.2) is 11.6 Å². The smallest absolute Gasteiger partial charge is 0.176 e. The van der Waals surface area contributed by atoms with Gasteiger partial charge in [-0.05, 0) is 38.1 Å². The molecule has 2 aromatic carbocycles. The van der Waals surface area contributed by atoms with Crippen LogP contribution in [-0.2, 0) is 0 Å². The molecule has 2 rings (SSSR count). The first-order valence-corrected chi connectivity index (χ1v) is 7.18. The fourth-order valence-corrected chi connectivity index (χ4v) is 2.46. The van der Waals surface area contributed by atoms with E-state index in [1.54, 1.807) is 62.4 Å². The van der Waals surface area contributed by atoms with Crippen LogP contribution in [0.2, 0.25) is 10.0 Å². The Morgan fingerprint density at radius 3 is 1.52 bits per heavy atom. The highest BCUT2D eigenvalue weighted by Crippen LogP contribution is 2.28. The zero-order valence-corrected chi connectivity index (χ0v) is 13.2. The lowest BCUT2D eigenvalue weighted by Crippen LogP contribution is -2.33. The fraction of sp³-hybridized carbons (Fsp3) is 0.176. The van der Waals surface area contributed by atoms with Crippen molar-refractivity contribution in [3.8, 4) is 0 Å². The maximum Gasteiger partial charge on any atom is 0.176 e.